The van der Waals surface area contributed by atoms with Crippen LogP contribution in [0.2, 0.25) is 0 Å². The molecule has 0 atom stereocenters. The van der Waals surface area contributed by atoms with Gasteiger partial charge in [-0.05, 0) is 37.1 Å². The van der Waals surface area contributed by atoms with Crippen LogP contribution in [0.3, 0.4) is 0 Å². The first-order valence-electron chi connectivity index (χ1n) is 8.71. The summed E-state index contributed by atoms with van der Waals surface area (Å²) >= 11 is 1.50. The second-order valence-corrected chi connectivity index (χ2v) is 6.93. The largest absolute Gasteiger partial charge is 0.268 e. The first-order chi connectivity index (χ1) is 13.2. The zero-order valence-electron chi connectivity index (χ0n) is 15.1. The van der Waals surface area contributed by atoms with Crippen LogP contribution in [0.1, 0.15) is 28.9 Å². The monoisotopic (exact) mass is 371 g/mol. The van der Waals surface area contributed by atoms with Crippen LogP contribution in [-0.4, -0.2) is 14.5 Å². The number of hydrogen-bond donors (Lipinski definition) is 0. The van der Waals surface area contributed by atoms with Crippen molar-refractivity contribution in [2.24, 2.45) is 0 Å². The summed E-state index contributed by atoms with van der Waals surface area (Å²) in [5.41, 5.74) is 4.77. The summed E-state index contributed by atoms with van der Waals surface area (Å²) in [7, 11) is 0. The maximum Gasteiger partial charge on any atom is 0.267 e. The van der Waals surface area contributed by atoms with E-state index in [1.807, 2.05) is 62.4 Å². The highest BCUT2D eigenvalue weighted by Gasteiger charge is 2.13. The number of aryl methyl sites for hydroxylation is 2. The van der Waals surface area contributed by atoms with Crippen LogP contribution >= 0.6 is 11.3 Å². The van der Waals surface area contributed by atoms with Crippen molar-refractivity contribution in [3.05, 3.63) is 86.4 Å². The van der Waals surface area contributed by atoms with Crippen LogP contribution in [0.15, 0.2) is 58.8 Å². The topological polar surface area (TPSA) is 47.8 Å². The van der Waals surface area contributed by atoms with Crippen molar-refractivity contribution in [2.75, 3.05) is 0 Å². The van der Waals surface area contributed by atoms with Gasteiger partial charge in [-0.2, -0.15) is 0 Å². The SMILES string of the molecule is CCc1nc2cccc(C#Cc3scnc3C)c2c(=O)n1-c1ccccc1. The molecule has 0 aliphatic heterocycles. The first kappa shape index (κ1) is 17.2. The third-order valence-corrected chi connectivity index (χ3v) is 5.20. The number of rotatable bonds is 2. The Morgan fingerprint density at radius 3 is 2.59 bits per heavy atom. The van der Waals surface area contributed by atoms with Crippen molar-refractivity contribution in [3.8, 4) is 17.5 Å². The summed E-state index contributed by atoms with van der Waals surface area (Å²) in [5, 5.41) is 0.549. The predicted octanol–water partition coefficient (Wildman–Crippen LogP) is 4.11. The zero-order valence-corrected chi connectivity index (χ0v) is 15.9. The fraction of sp³-hybridized carbons (Fsp3) is 0.136. The molecule has 2 aromatic heterocycles. The molecule has 0 aliphatic carbocycles. The van der Waals surface area contributed by atoms with E-state index in [1.165, 1.54) is 11.3 Å². The quantitative estimate of drug-likeness (QED) is 0.498. The number of nitrogens with zero attached hydrogens (tertiary/aromatic N) is 3. The summed E-state index contributed by atoms with van der Waals surface area (Å²) in [4.78, 5) is 23.3. The predicted molar refractivity (Wildman–Crippen MR) is 110 cm³/mol. The fourth-order valence-electron chi connectivity index (χ4n) is 3.01. The molecule has 0 unspecified atom stereocenters. The lowest BCUT2D eigenvalue weighted by Gasteiger charge is -2.13. The van der Waals surface area contributed by atoms with Crippen LogP contribution in [-0.2, 0) is 6.42 Å². The molecule has 2 heterocycles. The van der Waals surface area contributed by atoms with Crippen molar-refractivity contribution in [2.45, 2.75) is 20.3 Å². The van der Waals surface area contributed by atoms with Gasteiger partial charge in [-0.15, -0.1) is 11.3 Å². The molecule has 2 aromatic carbocycles. The van der Waals surface area contributed by atoms with Crippen LogP contribution in [0.25, 0.3) is 16.6 Å². The molecule has 0 amide bonds. The molecule has 0 radical (unpaired) electrons. The molecular weight excluding hydrogens is 354 g/mol. The maximum atomic E-state index is 13.4. The van der Waals surface area contributed by atoms with Gasteiger partial charge in [-0.25, -0.2) is 9.97 Å². The number of benzene rings is 2. The van der Waals surface area contributed by atoms with E-state index in [0.717, 1.165) is 22.1 Å². The molecule has 0 bridgehead atoms. The van der Waals surface area contributed by atoms with E-state index < -0.39 is 0 Å². The average Bonchev–Trinajstić information content (AvgIpc) is 3.11. The van der Waals surface area contributed by atoms with E-state index in [0.29, 0.717) is 22.9 Å². The van der Waals surface area contributed by atoms with E-state index in [2.05, 4.69) is 16.8 Å². The smallest absolute Gasteiger partial charge is 0.267 e. The lowest BCUT2D eigenvalue weighted by atomic mass is 10.1. The summed E-state index contributed by atoms with van der Waals surface area (Å²) < 4.78 is 1.69. The molecule has 0 aliphatic rings. The number of hydrogen-bond acceptors (Lipinski definition) is 4. The van der Waals surface area contributed by atoms with Gasteiger partial charge in [-0.1, -0.05) is 37.1 Å². The van der Waals surface area contributed by atoms with Crippen molar-refractivity contribution in [1.82, 2.24) is 14.5 Å². The average molecular weight is 371 g/mol. The molecule has 0 spiro atoms. The highest BCUT2D eigenvalue weighted by atomic mass is 32.1. The molecule has 0 fully saturated rings. The first-order valence-corrected chi connectivity index (χ1v) is 9.59. The Morgan fingerprint density at radius 1 is 1.07 bits per heavy atom. The number of fused-ring (bicyclic) bond motifs is 1. The Morgan fingerprint density at radius 2 is 1.89 bits per heavy atom. The van der Waals surface area contributed by atoms with Gasteiger partial charge in [-0.3, -0.25) is 9.36 Å². The van der Waals surface area contributed by atoms with Gasteiger partial charge in [0.2, 0.25) is 0 Å². The number of aromatic nitrogens is 3. The van der Waals surface area contributed by atoms with E-state index in [9.17, 15) is 4.79 Å². The van der Waals surface area contributed by atoms with Crippen molar-refractivity contribution >= 4 is 22.2 Å². The lowest BCUT2D eigenvalue weighted by Crippen LogP contribution is -2.24. The normalized spacial score (nSPS) is 10.6. The van der Waals surface area contributed by atoms with Crippen LogP contribution in [0.4, 0.5) is 0 Å². The van der Waals surface area contributed by atoms with Gasteiger partial charge < -0.3 is 0 Å². The van der Waals surface area contributed by atoms with Crippen molar-refractivity contribution in [3.63, 3.8) is 0 Å². The minimum atomic E-state index is -0.0889. The van der Waals surface area contributed by atoms with Crippen LogP contribution in [0.5, 0.6) is 0 Å². The van der Waals surface area contributed by atoms with Gasteiger partial charge >= 0.3 is 0 Å². The number of para-hydroxylation sites is 1. The summed E-state index contributed by atoms with van der Waals surface area (Å²) in [6.45, 7) is 3.93. The number of thiazole rings is 1. The Kier molecular flexibility index (Phi) is 4.57. The third kappa shape index (κ3) is 3.16. The van der Waals surface area contributed by atoms with Crippen LogP contribution < -0.4 is 5.56 Å². The Bertz CT molecular complexity index is 1240. The van der Waals surface area contributed by atoms with Gasteiger partial charge in [0, 0.05) is 12.0 Å². The van der Waals surface area contributed by atoms with Crippen molar-refractivity contribution < 1.29 is 0 Å². The highest BCUT2D eigenvalue weighted by Crippen LogP contribution is 2.17. The fourth-order valence-corrected chi connectivity index (χ4v) is 3.66. The summed E-state index contributed by atoms with van der Waals surface area (Å²) in [6.07, 6.45) is 0.663. The van der Waals surface area contributed by atoms with E-state index in [1.54, 1.807) is 10.1 Å². The van der Waals surface area contributed by atoms with Gasteiger partial charge in [0.05, 0.1) is 32.7 Å². The minimum absolute atomic E-state index is 0.0889. The summed E-state index contributed by atoms with van der Waals surface area (Å²) in [5.74, 6) is 7.04. The standard InChI is InChI=1S/C22H17N3OS/c1-3-20-24-18-11-7-8-16(12-13-19-15(2)23-14-27-19)21(18)22(26)25(20)17-9-5-4-6-10-17/h4-11,14H,3H2,1-2H3. The molecule has 5 heteroatoms. The molecule has 27 heavy (non-hydrogen) atoms. The molecule has 4 nitrogen and oxygen atoms in total. The van der Waals surface area contributed by atoms with Crippen molar-refractivity contribution in [1.29, 1.82) is 0 Å². The molecule has 132 valence electrons. The van der Waals surface area contributed by atoms with E-state index in [4.69, 9.17) is 4.98 Å². The third-order valence-electron chi connectivity index (χ3n) is 4.35. The summed E-state index contributed by atoms with van der Waals surface area (Å²) in [6, 6.07) is 15.2. The molecule has 0 saturated carbocycles. The van der Waals surface area contributed by atoms with Crippen LogP contribution in [0, 0.1) is 18.8 Å². The molecule has 0 N–H and O–H groups in total. The second-order valence-electron chi connectivity index (χ2n) is 6.07. The zero-order chi connectivity index (χ0) is 18.8. The highest BCUT2D eigenvalue weighted by molar-refractivity contribution is 7.10. The molecule has 0 saturated heterocycles. The Hall–Kier alpha value is -3.23. The van der Waals surface area contributed by atoms with E-state index in [-0.39, 0.29) is 5.56 Å². The van der Waals surface area contributed by atoms with Gasteiger partial charge in [0.1, 0.15) is 5.82 Å². The molecule has 4 aromatic rings. The Labute approximate surface area is 161 Å². The second kappa shape index (κ2) is 7.18. The van der Waals surface area contributed by atoms with Gasteiger partial charge in [0.15, 0.2) is 0 Å². The lowest BCUT2D eigenvalue weighted by molar-refractivity contribution is 0.833. The maximum absolute atomic E-state index is 13.4. The van der Waals surface area contributed by atoms with Gasteiger partial charge in [0.25, 0.3) is 5.56 Å². The molecular formula is C22H17N3OS. The molecule has 4 rings (SSSR count). The minimum Gasteiger partial charge on any atom is -0.268 e. The van der Waals surface area contributed by atoms with E-state index >= 15 is 0 Å². The Balaban J connectivity index is 1.99.